The largest absolute Gasteiger partial charge is 0.486 e. The van der Waals surface area contributed by atoms with Gasteiger partial charge in [0.15, 0.2) is 11.0 Å². The number of halogens is 3. The monoisotopic (exact) mass is 429 g/mol. The van der Waals surface area contributed by atoms with Gasteiger partial charge in [0.05, 0.1) is 5.56 Å². The lowest BCUT2D eigenvalue weighted by Crippen LogP contribution is -2.07. The Labute approximate surface area is 175 Å². The summed E-state index contributed by atoms with van der Waals surface area (Å²) in [5.74, 6) is 1.40. The van der Waals surface area contributed by atoms with Crippen LogP contribution in [0.15, 0.2) is 71.9 Å². The van der Waals surface area contributed by atoms with E-state index in [9.17, 15) is 13.2 Å². The number of fused-ring (bicyclic) bond motifs is 1. The van der Waals surface area contributed by atoms with E-state index in [0.717, 1.165) is 17.9 Å². The maximum absolute atomic E-state index is 12.8. The van der Waals surface area contributed by atoms with E-state index in [-0.39, 0.29) is 12.4 Å². The van der Waals surface area contributed by atoms with E-state index in [1.54, 1.807) is 16.3 Å². The Bertz CT molecular complexity index is 1170. The predicted octanol–water partition coefficient (Wildman–Crippen LogP) is 5.86. The van der Waals surface area contributed by atoms with Crippen LogP contribution in [0, 0.1) is 0 Å². The molecule has 0 saturated carbocycles. The second kappa shape index (κ2) is 8.39. The van der Waals surface area contributed by atoms with E-state index in [2.05, 4.69) is 34.5 Å². The van der Waals surface area contributed by atoms with Gasteiger partial charge in [-0.15, -0.1) is 10.2 Å². The molecule has 0 fully saturated rings. The Morgan fingerprint density at radius 2 is 1.73 bits per heavy atom. The molecule has 0 aliphatic carbocycles. The minimum Gasteiger partial charge on any atom is -0.486 e. The Hall–Kier alpha value is -3.00. The first-order chi connectivity index (χ1) is 14.4. The fourth-order valence-electron chi connectivity index (χ4n) is 3.07. The maximum Gasteiger partial charge on any atom is 0.416 e. The van der Waals surface area contributed by atoms with Crippen LogP contribution in [0.3, 0.4) is 0 Å². The molecule has 4 rings (SSSR count). The molecule has 154 valence electrons. The summed E-state index contributed by atoms with van der Waals surface area (Å²) < 4.78 is 45.8. The van der Waals surface area contributed by atoms with Crippen molar-refractivity contribution in [1.29, 1.82) is 0 Å². The molecule has 1 heterocycles. The maximum atomic E-state index is 12.8. The molecule has 0 aliphatic heterocycles. The number of nitrogens with zero attached hydrogens (tertiary/aromatic N) is 3. The van der Waals surface area contributed by atoms with Crippen molar-refractivity contribution in [3.63, 3.8) is 0 Å². The molecule has 8 heteroatoms. The van der Waals surface area contributed by atoms with E-state index >= 15 is 0 Å². The Kier molecular flexibility index (Phi) is 5.67. The lowest BCUT2D eigenvalue weighted by molar-refractivity contribution is -0.137. The summed E-state index contributed by atoms with van der Waals surface area (Å²) >= 11 is 1.55. The van der Waals surface area contributed by atoms with E-state index in [1.807, 2.05) is 25.2 Å². The molecule has 0 spiro atoms. The third kappa shape index (κ3) is 4.43. The number of alkyl halides is 3. The van der Waals surface area contributed by atoms with Gasteiger partial charge in [-0.1, -0.05) is 60.3 Å². The lowest BCUT2D eigenvalue weighted by Gasteiger charge is -2.10. The zero-order chi connectivity index (χ0) is 21.1. The molecule has 0 N–H and O–H groups in total. The van der Waals surface area contributed by atoms with Gasteiger partial charge in [-0.25, -0.2) is 0 Å². The zero-order valence-corrected chi connectivity index (χ0v) is 16.9. The first-order valence-corrected chi connectivity index (χ1v) is 10.2. The molecular weight excluding hydrogens is 411 g/mol. The fourth-order valence-corrected chi connectivity index (χ4v) is 4.00. The van der Waals surface area contributed by atoms with Crippen LogP contribution in [0.5, 0.6) is 5.75 Å². The smallest absolute Gasteiger partial charge is 0.416 e. The highest BCUT2D eigenvalue weighted by Crippen LogP contribution is 2.31. The van der Waals surface area contributed by atoms with Crippen LogP contribution >= 0.6 is 11.8 Å². The Balaban J connectivity index is 1.43. The zero-order valence-electron chi connectivity index (χ0n) is 16.1. The summed E-state index contributed by atoms with van der Waals surface area (Å²) in [5, 5.41) is 11.4. The highest BCUT2D eigenvalue weighted by Gasteiger charge is 2.30. The predicted molar refractivity (Wildman–Crippen MR) is 110 cm³/mol. The number of hydrogen-bond donors (Lipinski definition) is 0. The summed E-state index contributed by atoms with van der Waals surface area (Å²) in [7, 11) is 1.82. The Morgan fingerprint density at radius 1 is 0.967 bits per heavy atom. The molecule has 4 nitrogen and oxygen atoms in total. The normalized spacial score (nSPS) is 11.7. The minimum absolute atomic E-state index is 0.0274. The fraction of sp³-hybridized carbons (Fsp3) is 0.182. The summed E-state index contributed by atoms with van der Waals surface area (Å²) in [4.78, 5) is 0. The quantitative estimate of drug-likeness (QED) is 0.360. The van der Waals surface area contributed by atoms with Gasteiger partial charge in [-0.2, -0.15) is 13.2 Å². The number of hydrogen-bond acceptors (Lipinski definition) is 4. The summed E-state index contributed by atoms with van der Waals surface area (Å²) in [6, 6.07) is 19.2. The van der Waals surface area contributed by atoms with E-state index < -0.39 is 11.7 Å². The van der Waals surface area contributed by atoms with Crippen molar-refractivity contribution in [2.24, 2.45) is 7.05 Å². The third-order valence-electron chi connectivity index (χ3n) is 4.69. The number of ether oxygens (including phenoxy) is 1. The lowest BCUT2D eigenvalue weighted by atomic mass is 10.1. The minimum atomic E-state index is -4.41. The van der Waals surface area contributed by atoms with Crippen molar-refractivity contribution in [1.82, 2.24) is 14.8 Å². The average molecular weight is 429 g/mol. The summed E-state index contributed by atoms with van der Waals surface area (Å²) in [6.45, 7) is 0.0274. The molecule has 0 unspecified atom stereocenters. The molecule has 3 aromatic carbocycles. The van der Waals surface area contributed by atoms with Gasteiger partial charge in [0, 0.05) is 12.8 Å². The third-order valence-corrected chi connectivity index (χ3v) is 5.76. The topological polar surface area (TPSA) is 39.9 Å². The van der Waals surface area contributed by atoms with Crippen LogP contribution < -0.4 is 4.74 Å². The molecular formula is C22H18F3N3OS. The van der Waals surface area contributed by atoms with Crippen molar-refractivity contribution in [2.45, 2.75) is 23.7 Å². The summed E-state index contributed by atoms with van der Waals surface area (Å²) in [6.07, 6.45) is -4.41. The average Bonchev–Trinajstić information content (AvgIpc) is 3.10. The molecule has 0 radical (unpaired) electrons. The Morgan fingerprint density at radius 3 is 2.57 bits per heavy atom. The second-order valence-corrected chi connectivity index (χ2v) is 7.64. The van der Waals surface area contributed by atoms with E-state index in [1.165, 1.54) is 28.5 Å². The van der Waals surface area contributed by atoms with Crippen molar-refractivity contribution in [3.8, 4) is 5.75 Å². The van der Waals surface area contributed by atoms with Crippen molar-refractivity contribution >= 4 is 22.5 Å². The van der Waals surface area contributed by atoms with Gasteiger partial charge in [-0.3, -0.25) is 0 Å². The number of thioether (sulfide) groups is 1. The molecule has 0 atom stereocenters. The molecule has 30 heavy (non-hydrogen) atoms. The van der Waals surface area contributed by atoms with Crippen LogP contribution in [-0.2, 0) is 25.6 Å². The highest BCUT2D eigenvalue weighted by atomic mass is 32.2. The molecule has 1 aromatic heterocycles. The van der Waals surface area contributed by atoms with Crippen molar-refractivity contribution in [3.05, 3.63) is 83.7 Å². The summed E-state index contributed by atoms with van der Waals surface area (Å²) in [5.41, 5.74) is 0.451. The van der Waals surface area contributed by atoms with Crippen LogP contribution in [0.4, 0.5) is 13.2 Å². The molecule has 0 bridgehead atoms. The van der Waals surface area contributed by atoms with Crippen LogP contribution in [0.25, 0.3) is 10.8 Å². The van der Waals surface area contributed by atoms with Gasteiger partial charge in [0.1, 0.15) is 12.4 Å². The molecule has 4 aromatic rings. The van der Waals surface area contributed by atoms with Gasteiger partial charge < -0.3 is 9.30 Å². The van der Waals surface area contributed by atoms with Crippen LogP contribution in [0.1, 0.15) is 17.0 Å². The highest BCUT2D eigenvalue weighted by molar-refractivity contribution is 7.98. The number of rotatable bonds is 6. The van der Waals surface area contributed by atoms with Crippen molar-refractivity contribution in [2.75, 3.05) is 0 Å². The van der Waals surface area contributed by atoms with Gasteiger partial charge in [0.25, 0.3) is 0 Å². The first-order valence-electron chi connectivity index (χ1n) is 9.19. The van der Waals surface area contributed by atoms with Crippen LogP contribution in [0.2, 0.25) is 0 Å². The molecule has 0 saturated heterocycles. The van der Waals surface area contributed by atoms with Gasteiger partial charge in [0.2, 0.25) is 0 Å². The molecule has 0 aliphatic rings. The second-order valence-electron chi connectivity index (χ2n) is 6.70. The van der Waals surface area contributed by atoms with E-state index in [0.29, 0.717) is 11.0 Å². The van der Waals surface area contributed by atoms with Crippen molar-refractivity contribution < 1.29 is 17.9 Å². The number of benzene rings is 3. The van der Waals surface area contributed by atoms with Gasteiger partial charge in [-0.05, 0) is 34.5 Å². The standard InChI is InChI=1S/C22H18F3N3OS/c1-28-20(13-29-18-10-5-9-17(12-18)22(23,24)25)26-27-21(28)30-14-16-8-4-7-15-6-2-3-11-19(15)16/h2-12H,13-14H2,1H3. The molecule has 0 amide bonds. The van der Waals surface area contributed by atoms with E-state index in [4.69, 9.17) is 4.74 Å². The van der Waals surface area contributed by atoms with Crippen LogP contribution in [-0.4, -0.2) is 14.8 Å². The first kappa shape index (κ1) is 20.3. The SMILES string of the molecule is Cn1c(COc2cccc(C(F)(F)F)c2)nnc1SCc1cccc2ccccc12. The van der Waals surface area contributed by atoms with Gasteiger partial charge >= 0.3 is 6.18 Å². The number of aromatic nitrogens is 3.